The van der Waals surface area contributed by atoms with Crippen LogP contribution in [0, 0.1) is 0 Å². The molecule has 0 bridgehead atoms. The third-order valence-corrected chi connectivity index (χ3v) is 5.31. The molecule has 1 aromatic rings. The summed E-state index contributed by atoms with van der Waals surface area (Å²) in [7, 11) is -1.44. The van der Waals surface area contributed by atoms with Crippen LogP contribution in [0.25, 0.3) is 0 Å². The molecule has 1 unspecified atom stereocenters. The van der Waals surface area contributed by atoms with Gasteiger partial charge in [0.05, 0.1) is 17.1 Å². The van der Waals surface area contributed by atoms with E-state index < -0.39 is 21.6 Å². The second-order valence-corrected chi connectivity index (χ2v) is 7.59. The van der Waals surface area contributed by atoms with Crippen molar-refractivity contribution in [3.63, 3.8) is 0 Å². The zero-order valence-corrected chi connectivity index (χ0v) is 16.1. The van der Waals surface area contributed by atoms with E-state index in [9.17, 15) is 21.6 Å². The molecule has 0 spiro atoms. The number of benzene rings is 1. The largest absolute Gasteiger partial charge is 0.416 e. The number of aliphatic imine (C=N–C) groups is 1. The smallest absolute Gasteiger partial charge is 0.353 e. The van der Waals surface area contributed by atoms with E-state index >= 15 is 0 Å². The van der Waals surface area contributed by atoms with Gasteiger partial charge in [0.1, 0.15) is 0 Å². The highest BCUT2D eigenvalue weighted by molar-refractivity contribution is 14.0. The number of sulfone groups is 1. The average molecular weight is 477 g/mol. The number of hydrogen-bond donors (Lipinski definition) is 2. The molecule has 1 aromatic carbocycles. The zero-order valence-electron chi connectivity index (χ0n) is 12.9. The van der Waals surface area contributed by atoms with Crippen LogP contribution in [0.2, 0.25) is 0 Å². The summed E-state index contributed by atoms with van der Waals surface area (Å²) in [5, 5.41) is 5.97. The van der Waals surface area contributed by atoms with Gasteiger partial charge in [-0.25, -0.2) is 8.42 Å². The average Bonchev–Trinajstić information content (AvgIpc) is 2.82. The van der Waals surface area contributed by atoms with Gasteiger partial charge >= 0.3 is 6.18 Å². The molecule has 1 fully saturated rings. The lowest BCUT2D eigenvalue weighted by Gasteiger charge is -2.16. The van der Waals surface area contributed by atoms with Crippen LogP contribution < -0.4 is 10.6 Å². The lowest BCUT2D eigenvalue weighted by Crippen LogP contribution is -2.43. The molecule has 2 N–H and O–H groups in total. The maximum Gasteiger partial charge on any atom is 0.416 e. The quantitative estimate of drug-likeness (QED) is 0.398. The summed E-state index contributed by atoms with van der Waals surface area (Å²) < 4.78 is 60.3. The van der Waals surface area contributed by atoms with E-state index in [2.05, 4.69) is 15.6 Å². The summed E-state index contributed by atoms with van der Waals surface area (Å²) >= 11 is 0. The van der Waals surface area contributed by atoms with Gasteiger partial charge in [0.15, 0.2) is 15.8 Å². The molecule has 0 aliphatic carbocycles. The molecule has 2 rings (SSSR count). The Kier molecular flexibility index (Phi) is 7.32. The molecular formula is C14H19F3IN3O2S. The number of hydrogen-bond acceptors (Lipinski definition) is 3. The molecule has 1 atom stereocenters. The monoisotopic (exact) mass is 477 g/mol. The molecule has 24 heavy (non-hydrogen) atoms. The lowest BCUT2D eigenvalue weighted by molar-refractivity contribution is -0.137. The maximum absolute atomic E-state index is 12.5. The summed E-state index contributed by atoms with van der Waals surface area (Å²) in [6, 6.07) is 4.64. The highest BCUT2D eigenvalue weighted by Gasteiger charge is 2.30. The van der Waals surface area contributed by atoms with E-state index in [1.807, 2.05) is 0 Å². The van der Waals surface area contributed by atoms with E-state index in [4.69, 9.17) is 0 Å². The van der Waals surface area contributed by atoms with Gasteiger partial charge in [-0.3, -0.25) is 4.99 Å². The Labute approximate surface area is 156 Å². The highest BCUT2D eigenvalue weighted by atomic mass is 127. The van der Waals surface area contributed by atoms with Crippen molar-refractivity contribution in [1.29, 1.82) is 0 Å². The van der Waals surface area contributed by atoms with Crippen LogP contribution in [0.3, 0.4) is 0 Å². The normalized spacial score (nSPS) is 20.3. The minimum absolute atomic E-state index is 0. The van der Waals surface area contributed by atoms with Crippen molar-refractivity contribution >= 4 is 39.8 Å². The van der Waals surface area contributed by atoms with Crippen molar-refractivity contribution in [2.24, 2.45) is 4.99 Å². The number of rotatable bonds is 3. The zero-order chi connectivity index (χ0) is 17.1. The van der Waals surface area contributed by atoms with Gasteiger partial charge in [-0.05, 0) is 24.1 Å². The minimum atomic E-state index is -4.35. The Bertz CT molecular complexity index is 676. The fourth-order valence-electron chi connectivity index (χ4n) is 2.29. The van der Waals surface area contributed by atoms with Crippen LogP contribution in [-0.2, 0) is 22.6 Å². The molecule has 136 valence electrons. The van der Waals surface area contributed by atoms with Crippen LogP contribution in [0.15, 0.2) is 29.3 Å². The molecule has 1 aliphatic rings. The van der Waals surface area contributed by atoms with Crippen molar-refractivity contribution in [3.8, 4) is 0 Å². The standard InChI is InChI=1S/C14H18F3N3O2S.HI/c1-18-13(20-12-6-7-23(21,22)9-12)19-8-10-2-4-11(5-3-10)14(15,16)17;/h2-5,12H,6-9H2,1H3,(H2,18,19,20);1H. The topological polar surface area (TPSA) is 70.6 Å². The predicted octanol–water partition coefficient (Wildman–Crippen LogP) is 2.18. The Hall–Kier alpha value is -1.04. The number of guanidine groups is 1. The first-order chi connectivity index (χ1) is 10.7. The first kappa shape index (κ1) is 21.0. The van der Waals surface area contributed by atoms with Crippen molar-refractivity contribution in [3.05, 3.63) is 35.4 Å². The van der Waals surface area contributed by atoms with E-state index in [0.29, 0.717) is 17.9 Å². The van der Waals surface area contributed by atoms with Crippen molar-refractivity contribution < 1.29 is 21.6 Å². The molecule has 0 aromatic heterocycles. The van der Waals surface area contributed by atoms with Gasteiger partial charge in [0.25, 0.3) is 0 Å². The Morgan fingerprint density at radius 3 is 2.38 bits per heavy atom. The molecule has 10 heteroatoms. The summed E-state index contributed by atoms with van der Waals surface area (Å²) in [5.41, 5.74) is -0.0279. The van der Waals surface area contributed by atoms with E-state index in [0.717, 1.165) is 12.1 Å². The molecule has 1 saturated heterocycles. The first-order valence-corrected chi connectivity index (χ1v) is 8.85. The van der Waals surface area contributed by atoms with E-state index in [1.165, 1.54) is 12.1 Å². The van der Waals surface area contributed by atoms with Crippen LogP contribution in [0.4, 0.5) is 13.2 Å². The molecular weight excluding hydrogens is 458 g/mol. The fraction of sp³-hybridized carbons (Fsp3) is 0.500. The highest BCUT2D eigenvalue weighted by Crippen LogP contribution is 2.29. The van der Waals surface area contributed by atoms with Gasteiger partial charge in [-0.15, -0.1) is 24.0 Å². The minimum Gasteiger partial charge on any atom is -0.353 e. The molecule has 1 heterocycles. The Balaban J connectivity index is 0.00000288. The van der Waals surface area contributed by atoms with Gasteiger partial charge in [0.2, 0.25) is 0 Å². The number of nitrogens with zero attached hydrogens (tertiary/aromatic N) is 1. The Morgan fingerprint density at radius 2 is 1.92 bits per heavy atom. The summed E-state index contributed by atoms with van der Waals surface area (Å²) in [5.74, 6) is 0.640. The SMILES string of the molecule is CN=C(NCc1ccc(C(F)(F)F)cc1)NC1CCS(=O)(=O)C1.I. The summed E-state index contributed by atoms with van der Waals surface area (Å²) in [4.78, 5) is 3.99. The van der Waals surface area contributed by atoms with Crippen molar-refractivity contribution in [1.82, 2.24) is 10.6 Å². The van der Waals surface area contributed by atoms with Crippen LogP contribution in [0.5, 0.6) is 0 Å². The molecule has 1 aliphatic heterocycles. The number of halogens is 4. The predicted molar refractivity (Wildman–Crippen MR) is 97.3 cm³/mol. The molecule has 0 saturated carbocycles. The van der Waals surface area contributed by atoms with Gasteiger partial charge in [0, 0.05) is 19.6 Å². The van der Waals surface area contributed by atoms with E-state index in [-0.39, 0.29) is 48.1 Å². The number of nitrogens with one attached hydrogen (secondary N) is 2. The van der Waals surface area contributed by atoms with E-state index in [1.54, 1.807) is 7.05 Å². The maximum atomic E-state index is 12.5. The first-order valence-electron chi connectivity index (χ1n) is 7.03. The molecule has 5 nitrogen and oxygen atoms in total. The summed E-state index contributed by atoms with van der Waals surface area (Å²) in [6.45, 7) is 0.289. The van der Waals surface area contributed by atoms with Gasteiger partial charge in [-0.1, -0.05) is 12.1 Å². The van der Waals surface area contributed by atoms with Crippen LogP contribution >= 0.6 is 24.0 Å². The van der Waals surface area contributed by atoms with Crippen LogP contribution in [-0.4, -0.2) is 39.0 Å². The van der Waals surface area contributed by atoms with Crippen LogP contribution in [0.1, 0.15) is 17.5 Å². The fourth-order valence-corrected chi connectivity index (χ4v) is 3.97. The van der Waals surface area contributed by atoms with Gasteiger partial charge < -0.3 is 10.6 Å². The lowest BCUT2D eigenvalue weighted by atomic mass is 10.1. The third kappa shape index (κ3) is 6.11. The molecule has 0 amide bonds. The second kappa shape index (κ2) is 8.37. The van der Waals surface area contributed by atoms with Crippen molar-refractivity contribution in [2.75, 3.05) is 18.6 Å². The Morgan fingerprint density at radius 1 is 1.29 bits per heavy atom. The molecule has 0 radical (unpaired) electrons. The number of alkyl halides is 3. The summed E-state index contributed by atoms with van der Waals surface area (Å²) in [6.07, 6.45) is -3.83. The van der Waals surface area contributed by atoms with Crippen molar-refractivity contribution in [2.45, 2.75) is 25.2 Å². The third-order valence-electron chi connectivity index (χ3n) is 3.54. The van der Waals surface area contributed by atoms with Gasteiger partial charge in [-0.2, -0.15) is 13.2 Å². The second-order valence-electron chi connectivity index (χ2n) is 5.36.